The molecule has 156 valence electrons. The van der Waals surface area contributed by atoms with Crippen molar-refractivity contribution >= 4 is 29.0 Å². The summed E-state index contributed by atoms with van der Waals surface area (Å²) in [5.41, 5.74) is 2.45. The van der Waals surface area contributed by atoms with Crippen LogP contribution in [-0.2, 0) is 16.1 Å². The summed E-state index contributed by atoms with van der Waals surface area (Å²) in [6, 6.07) is 14.6. The van der Waals surface area contributed by atoms with Gasteiger partial charge in [-0.1, -0.05) is 48.9 Å². The van der Waals surface area contributed by atoms with Crippen LogP contribution in [0.5, 0.6) is 5.75 Å². The van der Waals surface area contributed by atoms with Gasteiger partial charge in [-0.15, -0.1) is 0 Å². The topological polar surface area (TPSA) is 49.9 Å². The van der Waals surface area contributed by atoms with Crippen LogP contribution in [0.1, 0.15) is 30.9 Å². The van der Waals surface area contributed by atoms with Crippen LogP contribution in [0.2, 0.25) is 5.02 Å². The average Bonchev–Trinajstić information content (AvgIpc) is 3.00. The number of carbonyl (C=O) groups is 2. The zero-order valence-corrected chi connectivity index (χ0v) is 18.0. The highest BCUT2D eigenvalue weighted by molar-refractivity contribution is 6.35. The highest BCUT2D eigenvalue weighted by Gasteiger charge is 2.42. The smallest absolute Gasteiger partial charge is 0.278 e. The number of rotatable bonds is 5. The van der Waals surface area contributed by atoms with Gasteiger partial charge in [-0.2, -0.15) is 0 Å². The number of benzene rings is 2. The third kappa shape index (κ3) is 3.82. The van der Waals surface area contributed by atoms with Crippen LogP contribution < -0.4 is 4.74 Å². The first-order valence-electron chi connectivity index (χ1n) is 10.2. The number of methoxy groups -OCH3 is 1. The van der Waals surface area contributed by atoms with Gasteiger partial charge in [0.05, 0.1) is 19.2 Å². The largest absolute Gasteiger partial charge is 0.497 e. The molecule has 0 radical (unpaired) electrons. The average molecular weight is 425 g/mol. The van der Waals surface area contributed by atoms with E-state index in [-0.39, 0.29) is 18.4 Å². The lowest BCUT2D eigenvalue weighted by Crippen LogP contribution is -2.38. The fraction of sp³-hybridized carbons (Fsp3) is 0.333. The number of hydrogen-bond donors (Lipinski definition) is 0. The quantitative estimate of drug-likeness (QED) is 0.669. The standard InChI is InChI=1S/C24H25ClN2O3/c1-16-11-13-26(14-12-16)22-21(17-7-9-19(30-2)10-8-17)23(28)27(24(22)29)15-18-5-3-4-6-20(18)25/h3-10,16H,11-15H2,1-2H3. The Hall–Kier alpha value is -2.79. The predicted molar refractivity (Wildman–Crippen MR) is 117 cm³/mol. The highest BCUT2D eigenvalue weighted by Crippen LogP contribution is 2.35. The summed E-state index contributed by atoms with van der Waals surface area (Å²) in [6.07, 6.45) is 2.01. The first-order chi connectivity index (χ1) is 14.5. The van der Waals surface area contributed by atoms with Gasteiger partial charge in [-0.05, 0) is 48.1 Å². The van der Waals surface area contributed by atoms with Crippen molar-refractivity contribution in [3.63, 3.8) is 0 Å². The number of amides is 2. The van der Waals surface area contributed by atoms with Crippen LogP contribution in [-0.4, -0.2) is 41.8 Å². The van der Waals surface area contributed by atoms with E-state index in [2.05, 4.69) is 11.8 Å². The van der Waals surface area contributed by atoms with E-state index in [9.17, 15) is 9.59 Å². The van der Waals surface area contributed by atoms with Crippen LogP contribution in [0.25, 0.3) is 5.57 Å². The minimum absolute atomic E-state index is 0.157. The van der Waals surface area contributed by atoms with Gasteiger partial charge in [0, 0.05) is 18.1 Å². The normalized spacial score (nSPS) is 17.8. The van der Waals surface area contributed by atoms with Crippen LogP contribution >= 0.6 is 11.6 Å². The third-order valence-corrected chi connectivity index (χ3v) is 6.28. The van der Waals surface area contributed by atoms with Gasteiger partial charge in [0.2, 0.25) is 0 Å². The summed E-state index contributed by atoms with van der Waals surface area (Å²) in [5, 5.41) is 0.546. The SMILES string of the molecule is COc1ccc(C2=C(N3CCC(C)CC3)C(=O)N(Cc3ccccc3Cl)C2=O)cc1. The number of piperidine rings is 1. The van der Waals surface area contributed by atoms with Crippen molar-refractivity contribution < 1.29 is 14.3 Å². The monoisotopic (exact) mass is 424 g/mol. The Morgan fingerprint density at radius 1 is 1.00 bits per heavy atom. The lowest BCUT2D eigenvalue weighted by molar-refractivity contribution is -0.138. The molecule has 2 amide bonds. The molecule has 2 aliphatic heterocycles. The Morgan fingerprint density at radius 3 is 2.30 bits per heavy atom. The summed E-state index contributed by atoms with van der Waals surface area (Å²) in [6.45, 7) is 3.93. The van der Waals surface area contributed by atoms with Crippen molar-refractivity contribution in [2.45, 2.75) is 26.3 Å². The molecule has 1 saturated heterocycles. The van der Waals surface area contributed by atoms with Gasteiger partial charge < -0.3 is 9.64 Å². The van der Waals surface area contributed by atoms with E-state index in [1.807, 2.05) is 42.5 Å². The number of imide groups is 1. The second-order valence-corrected chi connectivity index (χ2v) is 8.32. The van der Waals surface area contributed by atoms with Crippen LogP contribution in [0.4, 0.5) is 0 Å². The van der Waals surface area contributed by atoms with Gasteiger partial charge in [0.15, 0.2) is 0 Å². The third-order valence-electron chi connectivity index (χ3n) is 5.91. The van der Waals surface area contributed by atoms with Gasteiger partial charge >= 0.3 is 0 Å². The van der Waals surface area contributed by atoms with E-state index in [0.717, 1.165) is 37.1 Å². The second-order valence-electron chi connectivity index (χ2n) is 7.91. The Kier molecular flexibility index (Phi) is 5.82. The van der Waals surface area contributed by atoms with Crippen molar-refractivity contribution in [1.29, 1.82) is 0 Å². The zero-order valence-electron chi connectivity index (χ0n) is 17.2. The molecule has 6 heteroatoms. The predicted octanol–water partition coefficient (Wildman–Crippen LogP) is 4.36. The molecule has 0 atom stereocenters. The van der Waals surface area contributed by atoms with Gasteiger partial charge in [0.1, 0.15) is 11.4 Å². The number of hydrogen-bond acceptors (Lipinski definition) is 4. The van der Waals surface area contributed by atoms with Crippen molar-refractivity contribution in [1.82, 2.24) is 9.80 Å². The fourth-order valence-electron chi connectivity index (χ4n) is 4.05. The van der Waals surface area contributed by atoms with E-state index in [4.69, 9.17) is 16.3 Å². The molecule has 0 aromatic heterocycles. The molecule has 0 saturated carbocycles. The zero-order chi connectivity index (χ0) is 21.3. The summed E-state index contributed by atoms with van der Waals surface area (Å²) in [7, 11) is 1.60. The maximum absolute atomic E-state index is 13.5. The minimum atomic E-state index is -0.279. The first kappa shape index (κ1) is 20.5. The molecular formula is C24H25ClN2O3. The van der Waals surface area contributed by atoms with Crippen molar-refractivity contribution in [2.24, 2.45) is 5.92 Å². The van der Waals surface area contributed by atoms with E-state index in [1.165, 1.54) is 4.90 Å². The van der Waals surface area contributed by atoms with E-state index in [0.29, 0.717) is 28.0 Å². The molecule has 0 bridgehead atoms. The molecule has 0 aliphatic carbocycles. The molecule has 0 N–H and O–H groups in total. The molecule has 0 spiro atoms. The van der Waals surface area contributed by atoms with Crippen LogP contribution in [0, 0.1) is 5.92 Å². The van der Waals surface area contributed by atoms with E-state index >= 15 is 0 Å². The van der Waals surface area contributed by atoms with Gasteiger partial charge in [-0.3, -0.25) is 14.5 Å². The molecule has 4 rings (SSSR count). The lowest BCUT2D eigenvalue weighted by Gasteiger charge is -2.32. The number of likely N-dealkylation sites (tertiary alicyclic amines) is 1. The summed E-state index contributed by atoms with van der Waals surface area (Å²) in [5.74, 6) is 0.800. The molecule has 5 nitrogen and oxygen atoms in total. The van der Waals surface area contributed by atoms with Crippen LogP contribution in [0.15, 0.2) is 54.2 Å². The molecule has 30 heavy (non-hydrogen) atoms. The molecule has 1 fully saturated rings. The Balaban J connectivity index is 1.73. The molecule has 0 unspecified atom stereocenters. The molecule has 2 aromatic carbocycles. The molecule has 2 heterocycles. The Labute approximate surface area is 181 Å². The maximum atomic E-state index is 13.5. The highest BCUT2D eigenvalue weighted by atomic mass is 35.5. The van der Waals surface area contributed by atoms with Crippen LogP contribution in [0.3, 0.4) is 0 Å². The van der Waals surface area contributed by atoms with Gasteiger partial charge in [-0.25, -0.2) is 0 Å². The Bertz CT molecular complexity index is 992. The van der Waals surface area contributed by atoms with E-state index in [1.54, 1.807) is 13.2 Å². The van der Waals surface area contributed by atoms with Crippen molar-refractivity contribution in [3.8, 4) is 5.75 Å². The lowest BCUT2D eigenvalue weighted by atomic mass is 9.97. The number of halogens is 1. The number of carbonyl (C=O) groups excluding carboxylic acids is 2. The molecule has 2 aromatic rings. The number of ether oxygens (including phenoxy) is 1. The fourth-order valence-corrected chi connectivity index (χ4v) is 4.24. The Morgan fingerprint density at radius 2 is 1.67 bits per heavy atom. The second kappa shape index (κ2) is 8.52. The van der Waals surface area contributed by atoms with Gasteiger partial charge in [0.25, 0.3) is 11.8 Å². The van der Waals surface area contributed by atoms with Crippen molar-refractivity contribution in [2.75, 3.05) is 20.2 Å². The number of nitrogens with zero attached hydrogens (tertiary/aromatic N) is 2. The summed E-state index contributed by atoms with van der Waals surface area (Å²) >= 11 is 6.30. The van der Waals surface area contributed by atoms with E-state index < -0.39 is 0 Å². The molecular weight excluding hydrogens is 400 g/mol. The molecule has 2 aliphatic rings. The van der Waals surface area contributed by atoms with Crippen molar-refractivity contribution in [3.05, 3.63) is 70.4 Å². The summed E-state index contributed by atoms with van der Waals surface area (Å²) < 4.78 is 5.24. The maximum Gasteiger partial charge on any atom is 0.278 e. The summed E-state index contributed by atoms with van der Waals surface area (Å²) in [4.78, 5) is 30.3. The first-order valence-corrected chi connectivity index (χ1v) is 10.6. The minimum Gasteiger partial charge on any atom is -0.497 e.